The highest BCUT2D eigenvalue weighted by atomic mass is 127. The molecule has 0 atom stereocenters. The summed E-state index contributed by atoms with van der Waals surface area (Å²) in [7, 11) is 0. The van der Waals surface area contributed by atoms with Crippen LogP contribution in [0.4, 0.5) is 13.2 Å². The van der Waals surface area contributed by atoms with Crippen LogP contribution in [0.2, 0.25) is 0 Å². The maximum atomic E-state index is 13.9. The molecule has 1 N–H and O–H groups in total. The summed E-state index contributed by atoms with van der Waals surface area (Å²) in [6, 6.07) is 6.84. The third-order valence-corrected chi connectivity index (χ3v) is 4.72. The largest absolute Gasteiger partial charge is 0.480 e. The number of nitrogens with zero attached hydrogens (tertiary/aromatic N) is 2. The van der Waals surface area contributed by atoms with Gasteiger partial charge < -0.3 is 9.67 Å². The smallest absolute Gasteiger partial charge is 0.323 e. The summed E-state index contributed by atoms with van der Waals surface area (Å²) in [5.41, 5.74) is -0.235. The van der Waals surface area contributed by atoms with Crippen LogP contribution in [0.25, 0.3) is 10.9 Å². The van der Waals surface area contributed by atoms with Crippen molar-refractivity contribution in [2.75, 3.05) is 0 Å². The summed E-state index contributed by atoms with van der Waals surface area (Å²) in [6.07, 6.45) is -0.101. The number of carbonyl (C=O) groups is 1. The molecule has 1 heterocycles. The summed E-state index contributed by atoms with van der Waals surface area (Å²) < 4.78 is 42.5. The van der Waals surface area contributed by atoms with Crippen LogP contribution in [0.3, 0.4) is 0 Å². The molecule has 0 bridgehead atoms. The van der Waals surface area contributed by atoms with E-state index in [2.05, 4.69) is 4.98 Å². The molecule has 0 radical (unpaired) electrons. The van der Waals surface area contributed by atoms with Gasteiger partial charge in [0.05, 0.1) is 10.9 Å². The number of hydrogen-bond acceptors (Lipinski definition) is 3. The Morgan fingerprint density at radius 2 is 1.85 bits per heavy atom. The van der Waals surface area contributed by atoms with Gasteiger partial charge in [-0.05, 0) is 58.8 Å². The lowest BCUT2D eigenvalue weighted by Crippen LogP contribution is -2.23. The normalized spacial score (nSPS) is 11.1. The molecule has 5 nitrogen and oxygen atoms in total. The van der Waals surface area contributed by atoms with E-state index >= 15 is 0 Å². The van der Waals surface area contributed by atoms with Crippen molar-refractivity contribution < 1.29 is 23.1 Å². The number of aryl methyl sites for hydroxylation is 2. The minimum absolute atomic E-state index is 0.0219. The Bertz CT molecular complexity index is 1120. The summed E-state index contributed by atoms with van der Waals surface area (Å²) in [4.78, 5) is 27.5. The highest BCUT2D eigenvalue weighted by Crippen LogP contribution is 2.19. The van der Waals surface area contributed by atoms with Gasteiger partial charge in [-0.25, -0.2) is 13.2 Å². The lowest BCUT2D eigenvalue weighted by molar-refractivity contribution is -0.137. The number of benzene rings is 2. The Labute approximate surface area is 164 Å². The average molecular weight is 488 g/mol. The fourth-order valence-electron chi connectivity index (χ4n) is 2.79. The molecule has 0 spiro atoms. The zero-order valence-electron chi connectivity index (χ0n) is 13.7. The molecule has 0 unspecified atom stereocenters. The Balaban J connectivity index is 2.07. The van der Waals surface area contributed by atoms with Crippen LogP contribution in [0.1, 0.15) is 11.4 Å². The van der Waals surface area contributed by atoms with Crippen molar-refractivity contribution in [2.45, 2.75) is 19.4 Å². The van der Waals surface area contributed by atoms with E-state index in [0.717, 1.165) is 15.7 Å². The van der Waals surface area contributed by atoms with E-state index < -0.39 is 35.5 Å². The molecule has 0 fully saturated rings. The average Bonchev–Trinajstić information content (AvgIpc) is 2.61. The van der Waals surface area contributed by atoms with Gasteiger partial charge in [0.1, 0.15) is 12.4 Å². The van der Waals surface area contributed by atoms with Gasteiger partial charge in [0.2, 0.25) is 0 Å². The van der Waals surface area contributed by atoms with Gasteiger partial charge in [0, 0.05) is 9.99 Å². The van der Waals surface area contributed by atoms with Crippen LogP contribution >= 0.6 is 22.6 Å². The minimum atomic E-state index is -1.57. The molecule has 2 aromatic carbocycles. The minimum Gasteiger partial charge on any atom is -0.480 e. The first kappa shape index (κ1) is 19.3. The number of fused-ring (bicyclic) bond motifs is 1. The van der Waals surface area contributed by atoms with Crippen molar-refractivity contribution in [1.29, 1.82) is 0 Å². The maximum absolute atomic E-state index is 13.9. The second-order valence-corrected chi connectivity index (χ2v) is 7.05. The fraction of sp³-hybridized carbons (Fsp3) is 0.167. The number of aliphatic carboxylic acids is 1. The van der Waals surface area contributed by atoms with E-state index in [4.69, 9.17) is 0 Å². The predicted octanol–water partition coefficient (Wildman–Crippen LogP) is 3.29. The van der Waals surface area contributed by atoms with Gasteiger partial charge in [-0.3, -0.25) is 9.59 Å². The van der Waals surface area contributed by atoms with Gasteiger partial charge in [0.25, 0.3) is 5.56 Å². The molecule has 0 aliphatic heterocycles. The topological polar surface area (TPSA) is 72.2 Å². The number of aromatic nitrogens is 2. The Morgan fingerprint density at radius 1 is 1.11 bits per heavy atom. The first-order chi connectivity index (χ1) is 12.8. The van der Waals surface area contributed by atoms with Crippen LogP contribution in [0.5, 0.6) is 0 Å². The van der Waals surface area contributed by atoms with Crippen LogP contribution in [0, 0.1) is 21.0 Å². The molecule has 3 aromatic rings. The van der Waals surface area contributed by atoms with E-state index in [-0.39, 0.29) is 29.6 Å². The first-order valence-corrected chi connectivity index (χ1v) is 8.89. The summed E-state index contributed by atoms with van der Waals surface area (Å²) in [5.74, 6) is -5.19. The van der Waals surface area contributed by atoms with Crippen LogP contribution < -0.4 is 5.56 Å². The number of rotatable bonds is 5. The molecule has 0 saturated carbocycles. The predicted molar refractivity (Wildman–Crippen MR) is 100 cm³/mol. The lowest BCUT2D eigenvalue weighted by atomic mass is 10.1. The maximum Gasteiger partial charge on any atom is 0.323 e. The molecular weight excluding hydrogens is 476 g/mol. The van der Waals surface area contributed by atoms with E-state index in [1.54, 1.807) is 18.2 Å². The number of carboxylic acid groups (broad SMARTS) is 1. The van der Waals surface area contributed by atoms with E-state index in [1.807, 2.05) is 22.6 Å². The molecule has 27 heavy (non-hydrogen) atoms. The number of carboxylic acids is 1. The van der Waals surface area contributed by atoms with Gasteiger partial charge in [0.15, 0.2) is 17.5 Å². The molecule has 0 saturated heterocycles. The summed E-state index contributed by atoms with van der Waals surface area (Å²) >= 11 is 2.03. The summed E-state index contributed by atoms with van der Waals surface area (Å²) in [6.45, 7) is -0.445. The third kappa shape index (κ3) is 3.97. The lowest BCUT2D eigenvalue weighted by Gasteiger charge is -2.14. The molecule has 0 aliphatic carbocycles. The third-order valence-electron chi connectivity index (χ3n) is 4.05. The SMILES string of the molecule is O=C(O)Cn1c(CCc2ccc(F)c(F)c2F)nc(=O)c2ccc(I)cc21. The molecule has 3 rings (SSSR count). The van der Waals surface area contributed by atoms with E-state index in [9.17, 15) is 27.9 Å². The standard InChI is InChI=1S/C18H12F3IN2O3/c19-12-5-1-9(16(20)17(12)21)2-6-14-23-18(27)11-4-3-10(22)7-13(11)24(14)8-15(25)26/h1,3-5,7H,2,6,8H2,(H,25,26). The molecule has 0 amide bonds. The highest BCUT2D eigenvalue weighted by Gasteiger charge is 2.17. The zero-order chi connectivity index (χ0) is 19.7. The monoisotopic (exact) mass is 488 g/mol. The van der Waals surface area contributed by atoms with Crippen molar-refractivity contribution in [2.24, 2.45) is 0 Å². The first-order valence-electron chi connectivity index (χ1n) is 7.81. The Hall–Kier alpha value is -2.43. The van der Waals surface area contributed by atoms with Crippen LogP contribution in [-0.4, -0.2) is 20.6 Å². The van der Waals surface area contributed by atoms with E-state index in [0.29, 0.717) is 5.52 Å². The van der Waals surface area contributed by atoms with Gasteiger partial charge in [-0.1, -0.05) is 6.07 Å². The zero-order valence-corrected chi connectivity index (χ0v) is 15.8. The highest BCUT2D eigenvalue weighted by molar-refractivity contribution is 14.1. The molecule has 0 aliphatic rings. The second-order valence-electron chi connectivity index (χ2n) is 5.81. The Kier molecular flexibility index (Phi) is 5.49. The van der Waals surface area contributed by atoms with Crippen molar-refractivity contribution >= 4 is 39.5 Å². The van der Waals surface area contributed by atoms with Crippen molar-refractivity contribution in [1.82, 2.24) is 9.55 Å². The molecule has 1 aromatic heterocycles. The quantitative estimate of drug-likeness (QED) is 0.442. The van der Waals surface area contributed by atoms with Crippen molar-refractivity contribution in [3.63, 3.8) is 0 Å². The van der Waals surface area contributed by atoms with Gasteiger partial charge >= 0.3 is 5.97 Å². The van der Waals surface area contributed by atoms with E-state index in [1.165, 1.54) is 4.57 Å². The van der Waals surface area contributed by atoms with Gasteiger partial charge in [-0.15, -0.1) is 0 Å². The number of halogens is 4. The van der Waals surface area contributed by atoms with Crippen molar-refractivity contribution in [3.8, 4) is 0 Å². The molecule has 9 heteroatoms. The Morgan fingerprint density at radius 3 is 2.56 bits per heavy atom. The van der Waals surface area contributed by atoms with Crippen molar-refractivity contribution in [3.05, 3.63) is 73.1 Å². The van der Waals surface area contributed by atoms with Crippen LogP contribution in [-0.2, 0) is 24.2 Å². The molecule has 140 valence electrons. The van der Waals surface area contributed by atoms with Crippen LogP contribution in [0.15, 0.2) is 35.1 Å². The fourth-order valence-corrected chi connectivity index (χ4v) is 3.27. The molecular formula is C18H12F3IN2O3. The summed E-state index contributed by atoms with van der Waals surface area (Å²) in [5, 5.41) is 9.47. The second kappa shape index (κ2) is 7.67. The number of hydrogen-bond donors (Lipinski definition) is 1. The van der Waals surface area contributed by atoms with Gasteiger partial charge in [-0.2, -0.15) is 4.98 Å².